The molecule has 1 atom stereocenters. The molecule has 0 radical (unpaired) electrons. The van der Waals surface area contributed by atoms with Crippen LogP contribution in [0.4, 0.5) is 11.4 Å². The molecule has 0 bridgehead atoms. The van der Waals surface area contributed by atoms with Crippen molar-refractivity contribution >= 4 is 40.5 Å². The van der Waals surface area contributed by atoms with Crippen LogP contribution in [-0.4, -0.2) is 56.2 Å². The Hall–Kier alpha value is -3.89. The van der Waals surface area contributed by atoms with Gasteiger partial charge in [-0.3, -0.25) is 14.4 Å². The van der Waals surface area contributed by atoms with Crippen molar-refractivity contribution in [3.05, 3.63) is 76.0 Å². The summed E-state index contributed by atoms with van der Waals surface area (Å²) >= 11 is 1.39. The average molecular weight is 523 g/mol. The lowest BCUT2D eigenvalue weighted by Gasteiger charge is -2.26. The van der Waals surface area contributed by atoms with Crippen molar-refractivity contribution in [2.24, 2.45) is 0 Å². The molecule has 2 heterocycles. The third kappa shape index (κ3) is 6.87. The highest BCUT2D eigenvalue weighted by molar-refractivity contribution is 7.10. The van der Waals surface area contributed by atoms with Gasteiger partial charge in [-0.25, -0.2) is 0 Å². The molecule has 2 aromatic carbocycles. The Morgan fingerprint density at radius 3 is 2.65 bits per heavy atom. The number of hydrogen-bond acceptors (Lipinski definition) is 7. The molecule has 9 nitrogen and oxygen atoms in total. The van der Waals surface area contributed by atoms with Crippen molar-refractivity contribution in [2.75, 3.05) is 43.5 Å². The first-order chi connectivity index (χ1) is 17.9. The van der Waals surface area contributed by atoms with Gasteiger partial charge in [0, 0.05) is 35.6 Å². The predicted molar refractivity (Wildman–Crippen MR) is 144 cm³/mol. The molecular formula is C27H30N4O5S. The third-order valence-electron chi connectivity index (χ3n) is 6.09. The molecule has 3 aromatic rings. The van der Waals surface area contributed by atoms with E-state index in [1.54, 1.807) is 49.6 Å². The number of rotatable bonds is 9. The molecule has 1 saturated heterocycles. The summed E-state index contributed by atoms with van der Waals surface area (Å²) in [5.41, 5.74) is 2.08. The Balaban J connectivity index is 1.63. The van der Waals surface area contributed by atoms with E-state index < -0.39 is 17.9 Å². The highest BCUT2D eigenvalue weighted by Crippen LogP contribution is 2.30. The van der Waals surface area contributed by atoms with Crippen LogP contribution in [0.5, 0.6) is 5.75 Å². The molecule has 2 amide bonds. The number of methoxy groups -OCH3 is 1. The minimum Gasteiger partial charge on any atom is -0.497 e. The van der Waals surface area contributed by atoms with Gasteiger partial charge in [-0.2, -0.15) is 0 Å². The summed E-state index contributed by atoms with van der Waals surface area (Å²) in [4.78, 5) is 40.7. The van der Waals surface area contributed by atoms with Crippen molar-refractivity contribution < 1.29 is 24.2 Å². The predicted octanol–water partition coefficient (Wildman–Crippen LogP) is 3.75. The Morgan fingerprint density at radius 2 is 1.89 bits per heavy atom. The number of hydrogen-bond donors (Lipinski definition) is 4. The molecule has 1 unspecified atom stereocenters. The average Bonchev–Trinajstić information content (AvgIpc) is 3.31. The molecule has 1 aromatic heterocycles. The first-order valence-corrected chi connectivity index (χ1v) is 12.9. The number of thiophene rings is 1. The molecule has 10 heteroatoms. The first-order valence-electron chi connectivity index (χ1n) is 12.1. The van der Waals surface area contributed by atoms with Gasteiger partial charge in [0.15, 0.2) is 0 Å². The molecule has 0 aliphatic carbocycles. The number of amides is 2. The zero-order valence-corrected chi connectivity index (χ0v) is 21.3. The lowest BCUT2D eigenvalue weighted by molar-refractivity contribution is -0.137. The maximum atomic E-state index is 13.2. The highest BCUT2D eigenvalue weighted by Gasteiger charge is 2.22. The second kappa shape index (κ2) is 12.4. The number of anilines is 2. The molecule has 1 fully saturated rings. The molecule has 0 spiro atoms. The van der Waals surface area contributed by atoms with Crippen LogP contribution in [0.1, 0.15) is 44.5 Å². The monoisotopic (exact) mass is 522 g/mol. The van der Waals surface area contributed by atoms with Crippen LogP contribution >= 0.6 is 11.3 Å². The second-order valence-electron chi connectivity index (χ2n) is 8.65. The Morgan fingerprint density at radius 1 is 1.05 bits per heavy atom. The number of carboxylic acids is 1. The number of carbonyl (C=O) groups is 3. The van der Waals surface area contributed by atoms with E-state index in [0.29, 0.717) is 22.6 Å². The summed E-state index contributed by atoms with van der Waals surface area (Å²) in [6.45, 7) is 3.28. The zero-order valence-electron chi connectivity index (χ0n) is 20.5. The highest BCUT2D eigenvalue weighted by atomic mass is 32.1. The van der Waals surface area contributed by atoms with Crippen LogP contribution in [0, 0.1) is 0 Å². The van der Waals surface area contributed by atoms with Crippen LogP contribution in [0.15, 0.2) is 60.0 Å². The molecule has 0 saturated carbocycles. The summed E-state index contributed by atoms with van der Waals surface area (Å²) in [7, 11) is 1.54. The van der Waals surface area contributed by atoms with Crippen LogP contribution < -0.4 is 25.6 Å². The number of nitrogens with zero attached hydrogens (tertiary/aromatic N) is 1. The van der Waals surface area contributed by atoms with E-state index in [1.807, 2.05) is 17.5 Å². The molecular weight excluding hydrogens is 492 g/mol. The van der Waals surface area contributed by atoms with Gasteiger partial charge < -0.3 is 30.7 Å². The standard InChI is InChI=1S/C27H30N4O5S/c1-36-20-6-2-5-18(15-20)26(34)29-21-16-19(8-9-23(21)31-12-4-10-28-11-13-31)27(35)30-22(17-25(32)33)24-7-3-14-37-24/h2-3,5-9,14-16,22,28H,4,10-13,17H2,1H3,(H,29,34)(H,30,35)(H,32,33). The quantitative estimate of drug-likeness (QED) is 0.338. The Kier molecular flexibility index (Phi) is 8.76. The number of carbonyl (C=O) groups excluding carboxylic acids is 2. The van der Waals surface area contributed by atoms with Gasteiger partial charge in [0.2, 0.25) is 0 Å². The maximum Gasteiger partial charge on any atom is 0.305 e. The third-order valence-corrected chi connectivity index (χ3v) is 7.08. The summed E-state index contributed by atoms with van der Waals surface area (Å²) in [6.07, 6.45) is 0.716. The number of nitrogens with one attached hydrogen (secondary N) is 3. The van der Waals surface area contributed by atoms with Crippen LogP contribution in [0.2, 0.25) is 0 Å². The second-order valence-corrected chi connectivity index (χ2v) is 9.63. The fourth-order valence-corrected chi connectivity index (χ4v) is 5.01. The minimum absolute atomic E-state index is 0.232. The first kappa shape index (κ1) is 26.2. The molecule has 37 heavy (non-hydrogen) atoms. The van der Waals surface area contributed by atoms with Gasteiger partial charge in [-0.15, -0.1) is 11.3 Å². The van der Waals surface area contributed by atoms with Gasteiger partial charge in [0.1, 0.15) is 5.75 Å². The Labute approximate surface area is 219 Å². The maximum absolute atomic E-state index is 13.2. The van der Waals surface area contributed by atoms with E-state index >= 15 is 0 Å². The summed E-state index contributed by atoms with van der Waals surface area (Å²) in [5, 5.41) is 20.4. The van der Waals surface area contributed by atoms with E-state index in [4.69, 9.17) is 4.74 Å². The molecule has 4 N–H and O–H groups in total. The van der Waals surface area contributed by atoms with Gasteiger partial charge in [0.05, 0.1) is 30.9 Å². The molecule has 1 aliphatic rings. The van der Waals surface area contributed by atoms with Crippen molar-refractivity contribution in [1.82, 2.24) is 10.6 Å². The van der Waals surface area contributed by atoms with Crippen LogP contribution in [0.3, 0.4) is 0 Å². The van der Waals surface area contributed by atoms with Gasteiger partial charge in [-0.05, 0) is 60.8 Å². The number of carboxylic acid groups (broad SMARTS) is 1. The van der Waals surface area contributed by atoms with E-state index in [9.17, 15) is 19.5 Å². The largest absolute Gasteiger partial charge is 0.497 e. The summed E-state index contributed by atoms with van der Waals surface area (Å²) in [5.74, 6) is -1.18. The van der Waals surface area contributed by atoms with E-state index in [1.165, 1.54) is 11.3 Å². The Bertz CT molecular complexity index is 1240. The summed E-state index contributed by atoms with van der Waals surface area (Å²) < 4.78 is 5.24. The van der Waals surface area contributed by atoms with Crippen molar-refractivity contribution in [2.45, 2.75) is 18.9 Å². The SMILES string of the molecule is COc1cccc(C(=O)Nc2cc(C(=O)NC(CC(=O)O)c3cccs3)ccc2N2CCCNCC2)c1. The fraction of sp³-hybridized carbons (Fsp3) is 0.296. The van der Waals surface area contributed by atoms with Gasteiger partial charge in [-0.1, -0.05) is 12.1 Å². The lowest BCUT2D eigenvalue weighted by atomic mass is 10.1. The van der Waals surface area contributed by atoms with Crippen LogP contribution in [0.25, 0.3) is 0 Å². The zero-order chi connectivity index (χ0) is 26.2. The minimum atomic E-state index is -1.00. The molecule has 1 aliphatic heterocycles. The topological polar surface area (TPSA) is 120 Å². The van der Waals surface area contributed by atoms with E-state index in [2.05, 4.69) is 20.9 Å². The van der Waals surface area contributed by atoms with Crippen molar-refractivity contribution in [3.63, 3.8) is 0 Å². The lowest BCUT2D eigenvalue weighted by Crippen LogP contribution is -2.31. The number of ether oxygens (including phenoxy) is 1. The fourth-order valence-electron chi connectivity index (χ4n) is 4.23. The normalized spacial score (nSPS) is 14.4. The number of benzene rings is 2. The van der Waals surface area contributed by atoms with Crippen molar-refractivity contribution in [1.29, 1.82) is 0 Å². The molecule has 194 valence electrons. The van der Waals surface area contributed by atoms with Crippen LogP contribution in [-0.2, 0) is 4.79 Å². The summed E-state index contributed by atoms with van der Waals surface area (Å²) in [6, 6.07) is 15.0. The number of aliphatic carboxylic acids is 1. The van der Waals surface area contributed by atoms with E-state index in [0.717, 1.165) is 43.2 Å². The van der Waals surface area contributed by atoms with Gasteiger partial charge in [0.25, 0.3) is 11.8 Å². The van der Waals surface area contributed by atoms with Crippen molar-refractivity contribution in [3.8, 4) is 5.75 Å². The van der Waals surface area contributed by atoms with E-state index in [-0.39, 0.29) is 12.3 Å². The molecule has 4 rings (SSSR count). The van der Waals surface area contributed by atoms with Gasteiger partial charge >= 0.3 is 5.97 Å². The smallest absolute Gasteiger partial charge is 0.305 e.